The maximum Gasteiger partial charge on any atom is 0.258 e. The minimum absolute atomic E-state index is 0.0845. The van der Waals surface area contributed by atoms with Crippen molar-refractivity contribution in [3.8, 4) is 0 Å². The smallest absolute Gasteiger partial charge is 0.258 e. The van der Waals surface area contributed by atoms with Crippen LogP contribution < -0.4 is 5.32 Å². The standard InChI is InChI=1S/C9H9NO2/c1-12-8-6-4-2-3-5-7(6)10-9(8)11/h2-5,8H,1H3,(H,10,11). The lowest BCUT2D eigenvalue weighted by atomic mass is 10.1. The van der Waals surface area contributed by atoms with E-state index in [0.29, 0.717) is 0 Å². The number of benzene rings is 1. The van der Waals surface area contributed by atoms with Gasteiger partial charge in [0.15, 0.2) is 6.10 Å². The van der Waals surface area contributed by atoms with Gasteiger partial charge in [0.05, 0.1) is 0 Å². The predicted octanol–water partition coefficient (Wildman–Crippen LogP) is 1.33. The van der Waals surface area contributed by atoms with E-state index >= 15 is 0 Å². The molecule has 1 aliphatic heterocycles. The second kappa shape index (κ2) is 2.60. The summed E-state index contributed by atoms with van der Waals surface area (Å²) >= 11 is 0. The zero-order valence-electron chi connectivity index (χ0n) is 6.70. The Labute approximate surface area is 70.3 Å². The largest absolute Gasteiger partial charge is 0.367 e. The van der Waals surface area contributed by atoms with Crippen molar-refractivity contribution in [1.82, 2.24) is 0 Å². The molecule has 1 heterocycles. The molecular weight excluding hydrogens is 154 g/mol. The molecule has 1 aliphatic rings. The Hall–Kier alpha value is -1.35. The van der Waals surface area contributed by atoms with Crippen LogP contribution in [0.5, 0.6) is 0 Å². The first-order valence-corrected chi connectivity index (χ1v) is 3.75. The molecule has 1 N–H and O–H groups in total. The van der Waals surface area contributed by atoms with E-state index in [-0.39, 0.29) is 5.91 Å². The molecule has 62 valence electrons. The molecule has 0 aliphatic carbocycles. The molecule has 1 amide bonds. The van der Waals surface area contributed by atoms with Crippen LogP contribution in [0.1, 0.15) is 11.7 Å². The summed E-state index contributed by atoms with van der Waals surface area (Å²) < 4.78 is 5.04. The number of rotatable bonds is 1. The number of fused-ring (bicyclic) bond motifs is 1. The minimum Gasteiger partial charge on any atom is -0.367 e. The van der Waals surface area contributed by atoms with E-state index in [4.69, 9.17) is 4.74 Å². The fraction of sp³-hybridized carbons (Fsp3) is 0.222. The average Bonchev–Trinajstić information content (AvgIpc) is 2.40. The number of carbonyl (C=O) groups excluding carboxylic acids is 1. The number of para-hydroxylation sites is 1. The third-order valence-corrected chi connectivity index (χ3v) is 1.97. The van der Waals surface area contributed by atoms with Gasteiger partial charge in [0.1, 0.15) is 0 Å². The molecule has 2 rings (SSSR count). The van der Waals surface area contributed by atoms with Crippen molar-refractivity contribution < 1.29 is 9.53 Å². The van der Waals surface area contributed by atoms with Gasteiger partial charge in [0.2, 0.25) is 0 Å². The summed E-state index contributed by atoms with van der Waals surface area (Å²) in [6.07, 6.45) is -0.429. The SMILES string of the molecule is COC1C(=O)Nc2ccccc21. The lowest BCUT2D eigenvalue weighted by molar-refractivity contribution is -0.125. The molecule has 0 spiro atoms. The topological polar surface area (TPSA) is 38.3 Å². The third-order valence-electron chi connectivity index (χ3n) is 1.97. The number of carbonyl (C=O) groups is 1. The van der Waals surface area contributed by atoms with Gasteiger partial charge in [0.25, 0.3) is 5.91 Å². The van der Waals surface area contributed by atoms with Crippen LogP contribution in [-0.4, -0.2) is 13.0 Å². The summed E-state index contributed by atoms with van der Waals surface area (Å²) in [5, 5.41) is 2.73. The van der Waals surface area contributed by atoms with E-state index in [1.165, 1.54) is 7.11 Å². The Morgan fingerprint density at radius 3 is 2.92 bits per heavy atom. The number of amides is 1. The first-order chi connectivity index (χ1) is 5.83. The number of hydrogen-bond acceptors (Lipinski definition) is 2. The molecule has 0 saturated carbocycles. The van der Waals surface area contributed by atoms with Crippen LogP contribution in [0.3, 0.4) is 0 Å². The van der Waals surface area contributed by atoms with Crippen molar-refractivity contribution in [2.75, 3.05) is 12.4 Å². The van der Waals surface area contributed by atoms with E-state index in [0.717, 1.165) is 11.3 Å². The van der Waals surface area contributed by atoms with E-state index < -0.39 is 6.10 Å². The van der Waals surface area contributed by atoms with Gasteiger partial charge in [-0.15, -0.1) is 0 Å². The van der Waals surface area contributed by atoms with Gasteiger partial charge in [-0.1, -0.05) is 18.2 Å². The normalized spacial score (nSPS) is 20.4. The zero-order valence-corrected chi connectivity index (χ0v) is 6.70. The van der Waals surface area contributed by atoms with Crippen molar-refractivity contribution in [3.05, 3.63) is 29.8 Å². The number of hydrogen-bond donors (Lipinski definition) is 1. The van der Waals surface area contributed by atoms with Gasteiger partial charge in [-0.3, -0.25) is 4.79 Å². The fourth-order valence-corrected chi connectivity index (χ4v) is 1.41. The molecule has 1 atom stereocenters. The maximum absolute atomic E-state index is 11.2. The fourth-order valence-electron chi connectivity index (χ4n) is 1.41. The van der Waals surface area contributed by atoms with E-state index in [2.05, 4.69) is 5.32 Å². The molecular formula is C9H9NO2. The van der Waals surface area contributed by atoms with Crippen LogP contribution >= 0.6 is 0 Å². The monoisotopic (exact) mass is 163 g/mol. The van der Waals surface area contributed by atoms with Crippen molar-refractivity contribution >= 4 is 11.6 Å². The zero-order chi connectivity index (χ0) is 8.55. The van der Waals surface area contributed by atoms with Crippen LogP contribution in [0, 0.1) is 0 Å². The highest BCUT2D eigenvalue weighted by Crippen LogP contribution is 2.31. The highest BCUT2D eigenvalue weighted by molar-refractivity contribution is 6.01. The highest BCUT2D eigenvalue weighted by Gasteiger charge is 2.29. The van der Waals surface area contributed by atoms with Gasteiger partial charge in [-0.25, -0.2) is 0 Å². The van der Waals surface area contributed by atoms with Crippen LogP contribution in [0.4, 0.5) is 5.69 Å². The number of ether oxygens (including phenoxy) is 1. The number of methoxy groups -OCH3 is 1. The molecule has 0 saturated heterocycles. The van der Waals surface area contributed by atoms with Crippen molar-refractivity contribution in [1.29, 1.82) is 0 Å². The summed E-state index contributed by atoms with van der Waals surface area (Å²) in [5.74, 6) is -0.0845. The first-order valence-electron chi connectivity index (χ1n) is 3.75. The molecule has 12 heavy (non-hydrogen) atoms. The molecule has 3 heteroatoms. The van der Waals surface area contributed by atoms with Crippen molar-refractivity contribution in [2.45, 2.75) is 6.10 Å². The molecule has 0 fully saturated rings. The molecule has 0 aromatic heterocycles. The molecule has 1 aromatic rings. The Bertz CT molecular complexity index is 322. The lowest BCUT2D eigenvalue weighted by Gasteiger charge is -2.04. The van der Waals surface area contributed by atoms with Crippen molar-refractivity contribution in [3.63, 3.8) is 0 Å². The quantitative estimate of drug-likeness (QED) is 0.678. The van der Waals surface area contributed by atoms with E-state index in [9.17, 15) is 4.79 Å². The molecule has 0 radical (unpaired) electrons. The van der Waals surface area contributed by atoms with Gasteiger partial charge in [0, 0.05) is 18.4 Å². The number of nitrogens with one attached hydrogen (secondary N) is 1. The van der Waals surface area contributed by atoms with E-state index in [1.54, 1.807) is 0 Å². The third kappa shape index (κ3) is 0.905. The minimum atomic E-state index is -0.429. The van der Waals surface area contributed by atoms with Crippen LogP contribution in [-0.2, 0) is 9.53 Å². The summed E-state index contributed by atoms with van der Waals surface area (Å²) in [7, 11) is 1.53. The summed E-state index contributed by atoms with van der Waals surface area (Å²) in [4.78, 5) is 11.2. The molecule has 0 bridgehead atoms. The Morgan fingerprint density at radius 1 is 1.42 bits per heavy atom. The number of anilines is 1. The Kier molecular flexibility index (Phi) is 1.59. The van der Waals surface area contributed by atoms with Gasteiger partial charge in [-0.2, -0.15) is 0 Å². The summed E-state index contributed by atoms with van der Waals surface area (Å²) in [6, 6.07) is 7.54. The predicted molar refractivity (Wildman–Crippen MR) is 44.8 cm³/mol. The van der Waals surface area contributed by atoms with E-state index in [1.807, 2.05) is 24.3 Å². The lowest BCUT2D eigenvalue weighted by Crippen LogP contribution is -2.13. The molecule has 1 aromatic carbocycles. The molecule has 3 nitrogen and oxygen atoms in total. The van der Waals surface area contributed by atoms with Crippen molar-refractivity contribution in [2.24, 2.45) is 0 Å². The maximum atomic E-state index is 11.2. The Morgan fingerprint density at radius 2 is 2.17 bits per heavy atom. The second-order valence-electron chi connectivity index (χ2n) is 2.69. The summed E-state index contributed by atoms with van der Waals surface area (Å²) in [5.41, 5.74) is 1.78. The van der Waals surface area contributed by atoms with Crippen LogP contribution in [0.15, 0.2) is 24.3 Å². The average molecular weight is 163 g/mol. The summed E-state index contributed by atoms with van der Waals surface area (Å²) in [6.45, 7) is 0. The second-order valence-corrected chi connectivity index (χ2v) is 2.69. The molecule has 1 unspecified atom stereocenters. The highest BCUT2D eigenvalue weighted by atomic mass is 16.5. The van der Waals surface area contributed by atoms with Gasteiger partial charge >= 0.3 is 0 Å². The van der Waals surface area contributed by atoms with Gasteiger partial charge in [-0.05, 0) is 6.07 Å². The first kappa shape index (κ1) is 7.31. The van der Waals surface area contributed by atoms with Crippen LogP contribution in [0.2, 0.25) is 0 Å². The van der Waals surface area contributed by atoms with Crippen LogP contribution in [0.25, 0.3) is 0 Å². The Balaban J connectivity index is 2.47. The van der Waals surface area contributed by atoms with Gasteiger partial charge < -0.3 is 10.1 Å².